The van der Waals surface area contributed by atoms with E-state index in [1.807, 2.05) is 0 Å². The summed E-state index contributed by atoms with van der Waals surface area (Å²) in [4.78, 5) is -0.472. The minimum atomic E-state index is -3.99. The van der Waals surface area contributed by atoms with Crippen LogP contribution in [-0.4, -0.2) is 26.2 Å². The summed E-state index contributed by atoms with van der Waals surface area (Å²) in [6.07, 6.45) is 2.12. The van der Waals surface area contributed by atoms with Gasteiger partial charge in [-0.2, -0.15) is 5.26 Å². The summed E-state index contributed by atoms with van der Waals surface area (Å²) in [5.74, 6) is -0.742. The van der Waals surface area contributed by atoms with Gasteiger partial charge in [-0.1, -0.05) is 0 Å². The maximum Gasteiger partial charge on any atom is 0.243 e. The minimum absolute atomic E-state index is 0.0653. The summed E-state index contributed by atoms with van der Waals surface area (Å²) < 4.78 is 40.5. The number of hydrogen-bond acceptors (Lipinski definition) is 4. The highest BCUT2D eigenvalue weighted by Crippen LogP contribution is 2.34. The summed E-state index contributed by atoms with van der Waals surface area (Å²) >= 11 is 0. The van der Waals surface area contributed by atoms with Crippen molar-refractivity contribution in [3.63, 3.8) is 0 Å². The van der Waals surface area contributed by atoms with Gasteiger partial charge in [0, 0.05) is 12.6 Å². The predicted molar refractivity (Wildman–Crippen MR) is 69.7 cm³/mol. The van der Waals surface area contributed by atoms with Gasteiger partial charge in [0.25, 0.3) is 0 Å². The number of nitrogens with zero attached hydrogens (tertiary/aromatic N) is 1. The highest BCUT2D eigenvalue weighted by Gasteiger charge is 2.34. The molecule has 7 heteroatoms. The highest BCUT2D eigenvalue weighted by molar-refractivity contribution is 7.89. The highest BCUT2D eigenvalue weighted by atomic mass is 32.2. The van der Waals surface area contributed by atoms with Crippen molar-refractivity contribution < 1.29 is 17.9 Å². The smallest absolute Gasteiger partial charge is 0.243 e. The molecule has 108 valence electrons. The summed E-state index contributed by atoms with van der Waals surface area (Å²) in [6.45, 7) is -0.125. The van der Waals surface area contributed by atoms with E-state index in [0.717, 1.165) is 25.0 Å². The Morgan fingerprint density at radius 2 is 2.20 bits per heavy atom. The molecule has 0 radical (unpaired) electrons. The predicted octanol–water partition coefficient (Wildman–Crippen LogP) is 1.14. The number of nitriles is 1. The van der Waals surface area contributed by atoms with Crippen LogP contribution in [0.5, 0.6) is 0 Å². The summed E-state index contributed by atoms with van der Waals surface area (Å²) in [5.41, 5.74) is 0.0653. The Morgan fingerprint density at radius 1 is 1.50 bits per heavy atom. The third kappa shape index (κ3) is 3.33. The lowest BCUT2D eigenvalue weighted by atomic mass is 10.1. The zero-order valence-corrected chi connectivity index (χ0v) is 11.5. The molecule has 1 aliphatic carbocycles. The van der Waals surface area contributed by atoms with Crippen molar-refractivity contribution in [3.05, 3.63) is 29.6 Å². The monoisotopic (exact) mass is 298 g/mol. The van der Waals surface area contributed by atoms with Gasteiger partial charge in [-0.25, -0.2) is 17.5 Å². The zero-order valence-electron chi connectivity index (χ0n) is 10.7. The molecule has 2 N–H and O–H groups in total. The maximum atomic E-state index is 13.8. The number of hydrogen-bond donors (Lipinski definition) is 2. The zero-order chi connectivity index (χ0) is 14.8. The molecule has 1 aliphatic rings. The van der Waals surface area contributed by atoms with Crippen LogP contribution in [-0.2, 0) is 10.0 Å². The lowest BCUT2D eigenvalue weighted by Gasteiger charge is -2.17. The first-order valence-corrected chi connectivity index (χ1v) is 7.79. The number of rotatable bonds is 6. The van der Waals surface area contributed by atoms with Gasteiger partial charge in [0.2, 0.25) is 10.0 Å². The second kappa shape index (κ2) is 5.87. The van der Waals surface area contributed by atoms with E-state index in [1.54, 1.807) is 6.07 Å². The first-order valence-electron chi connectivity index (χ1n) is 6.31. The van der Waals surface area contributed by atoms with Gasteiger partial charge in [0.05, 0.1) is 11.6 Å². The van der Waals surface area contributed by atoms with Crippen LogP contribution in [0.3, 0.4) is 0 Å². The van der Waals surface area contributed by atoms with E-state index in [4.69, 9.17) is 10.4 Å². The Balaban J connectivity index is 2.23. The standard InChI is InChI=1S/C13H15FN2O3S/c14-11-7-9(8-15)1-4-13(11)20(18,19)16-12(5-6-17)10-2-3-10/h1,4,7,10,12,16-17H,2-3,5-6H2. The number of halogens is 1. The number of aliphatic hydroxyl groups is 1. The average molecular weight is 298 g/mol. The van der Waals surface area contributed by atoms with Crippen LogP contribution in [0.4, 0.5) is 4.39 Å². The molecule has 0 amide bonds. The normalized spacial score (nSPS) is 16.6. The SMILES string of the molecule is N#Cc1ccc(S(=O)(=O)NC(CCO)C2CC2)c(F)c1. The van der Waals surface area contributed by atoms with E-state index in [2.05, 4.69) is 4.72 Å². The minimum Gasteiger partial charge on any atom is -0.396 e. The number of nitrogens with one attached hydrogen (secondary N) is 1. The van der Waals surface area contributed by atoms with Crippen LogP contribution in [0, 0.1) is 23.1 Å². The van der Waals surface area contributed by atoms with Crippen molar-refractivity contribution in [3.8, 4) is 6.07 Å². The fraction of sp³-hybridized carbons (Fsp3) is 0.462. The fourth-order valence-corrected chi connectivity index (χ4v) is 3.48. The van der Waals surface area contributed by atoms with Crippen LogP contribution in [0.2, 0.25) is 0 Å². The molecular weight excluding hydrogens is 283 g/mol. The van der Waals surface area contributed by atoms with E-state index in [9.17, 15) is 12.8 Å². The van der Waals surface area contributed by atoms with E-state index in [0.29, 0.717) is 6.42 Å². The van der Waals surface area contributed by atoms with Crippen LogP contribution in [0.25, 0.3) is 0 Å². The topological polar surface area (TPSA) is 90.2 Å². The van der Waals surface area contributed by atoms with Gasteiger partial charge >= 0.3 is 0 Å². The molecule has 0 bridgehead atoms. The second-order valence-electron chi connectivity index (χ2n) is 4.83. The van der Waals surface area contributed by atoms with Crippen LogP contribution < -0.4 is 4.72 Å². The van der Waals surface area contributed by atoms with Crippen molar-refractivity contribution in [2.75, 3.05) is 6.61 Å². The Morgan fingerprint density at radius 3 is 2.70 bits per heavy atom. The molecule has 1 aromatic rings. The molecule has 1 aromatic carbocycles. The Bertz CT molecular complexity index is 636. The van der Waals surface area contributed by atoms with E-state index in [-0.39, 0.29) is 24.1 Å². The van der Waals surface area contributed by atoms with Crippen molar-refractivity contribution in [2.24, 2.45) is 5.92 Å². The summed E-state index contributed by atoms with van der Waals surface area (Å²) in [5, 5.41) is 17.6. The Hall–Kier alpha value is -1.49. The number of sulfonamides is 1. The number of benzene rings is 1. The molecular formula is C13H15FN2O3S. The third-order valence-electron chi connectivity index (χ3n) is 3.29. The largest absolute Gasteiger partial charge is 0.396 e. The molecule has 0 aromatic heterocycles. The fourth-order valence-electron chi connectivity index (χ4n) is 2.08. The van der Waals surface area contributed by atoms with Crippen LogP contribution in [0.15, 0.2) is 23.1 Å². The Labute approximate surface area is 117 Å². The summed E-state index contributed by atoms with van der Waals surface area (Å²) in [6, 6.07) is 4.61. The van der Waals surface area contributed by atoms with E-state index < -0.39 is 20.7 Å². The van der Waals surface area contributed by atoms with Crippen LogP contribution in [0.1, 0.15) is 24.8 Å². The second-order valence-corrected chi connectivity index (χ2v) is 6.52. The molecule has 0 aliphatic heterocycles. The van der Waals surface area contributed by atoms with Crippen molar-refractivity contribution in [1.29, 1.82) is 5.26 Å². The van der Waals surface area contributed by atoms with Gasteiger partial charge in [-0.3, -0.25) is 0 Å². The molecule has 0 saturated heterocycles. The van der Waals surface area contributed by atoms with Gasteiger partial charge in [0.15, 0.2) is 0 Å². The van der Waals surface area contributed by atoms with Crippen molar-refractivity contribution >= 4 is 10.0 Å². The maximum absolute atomic E-state index is 13.8. The van der Waals surface area contributed by atoms with Crippen molar-refractivity contribution in [2.45, 2.75) is 30.2 Å². The molecule has 1 unspecified atom stereocenters. The lowest BCUT2D eigenvalue weighted by molar-refractivity contribution is 0.265. The van der Waals surface area contributed by atoms with Crippen molar-refractivity contribution in [1.82, 2.24) is 4.72 Å². The third-order valence-corrected chi connectivity index (χ3v) is 4.81. The molecule has 1 saturated carbocycles. The lowest BCUT2D eigenvalue weighted by Crippen LogP contribution is -2.37. The Kier molecular flexibility index (Phi) is 4.38. The quantitative estimate of drug-likeness (QED) is 0.824. The number of aliphatic hydroxyl groups excluding tert-OH is 1. The average Bonchev–Trinajstić information content (AvgIpc) is 3.21. The van der Waals surface area contributed by atoms with Gasteiger partial charge in [-0.15, -0.1) is 0 Å². The molecule has 1 atom stereocenters. The molecule has 0 spiro atoms. The molecule has 0 heterocycles. The molecule has 1 fully saturated rings. The van der Waals surface area contributed by atoms with Gasteiger partial charge in [0.1, 0.15) is 10.7 Å². The van der Waals surface area contributed by atoms with Gasteiger partial charge < -0.3 is 5.11 Å². The molecule has 5 nitrogen and oxygen atoms in total. The van der Waals surface area contributed by atoms with Gasteiger partial charge in [-0.05, 0) is 43.4 Å². The van der Waals surface area contributed by atoms with E-state index in [1.165, 1.54) is 6.07 Å². The van der Waals surface area contributed by atoms with Crippen LogP contribution >= 0.6 is 0 Å². The first kappa shape index (κ1) is 14.9. The molecule has 2 rings (SSSR count). The van der Waals surface area contributed by atoms with E-state index >= 15 is 0 Å². The summed E-state index contributed by atoms with van der Waals surface area (Å²) in [7, 11) is -3.99. The first-order chi connectivity index (χ1) is 9.47. The molecule has 20 heavy (non-hydrogen) atoms.